The molecule has 0 aromatic heterocycles. The van der Waals surface area contributed by atoms with Crippen molar-refractivity contribution in [3.8, 4) is 11.5 Å². The summed E-state index contributed by atoms with van der Waals surface area (Å²) in [6.07, 6.45) is -0.249. The quantitative estimate of drug-likeness (QED) is 0.712. The number of hydrogen-bond acceptors (Lipinski definition) is 5. The van der Waals surface area contributed by atoms with Crippen LogP contribution in [-0.2, 0) is 6.61 Å². The van der Waals surface area contributed by atoms with Crippen LogP contribution in [0.4, 0.5) is 0 Å². The maximum absolute atomic E-state index is 11.7. The zero-order valence-electron chi connectivity index (χ0n) is 9.43. The highest BCUT2D eigenvalue weighted by atomic mass is 16.5. The number of phenols is 1. The van der Waals surface area contributed by atoms with E-state index in [1.54, 1.807) is 0 Å². The largest absolute Gasteiger partial charge is 0.507 e. The lowest BCUT2D eigenvalue weighted by molar-refractivity contribution is 0.0891. The molecule has 0 aliphatic heterocycles. The van der Waals surface area contributed by atoms with Crippen molar-refractivity contribution in [1.82, 2.24) is 0 Å². The number of carbonyl (C=O) groups is 1. The highest BCUT2D eigenvalue weighted by Crippen LogP contribution is 2.41. The molecule has 1 aromatic rings. The average Bonchev–Trinajstić information content (AvgIpc) is 2.33. The SMILES string of the molecule is COc1cc2c(c(O)c1CO)C(=O)CCC2O. The van der Waals surface area contributed by atoms with Gasteiger partial charge in [-0.1, -0.05) is 0 Å². The van der Waals surface area contributed by atoms with Gasteiger partial charge in [-0.2, -0.15) is 0 Å². The molecule has 92 valence electrons. The molecule has 5 nitrogen and oxygen atoms in total. The summed E-state index contributed by atoms with van der Waals surface area (Å²) < 4.78 is 5.02. The summed E-state index contributed by atoms with van der Waals surface area (Å²) in [5.74, 6) is -0.233. The van der Waals surface area contributed by atoms with Gasteiger partial charge in [0.05, 0.1) is 30.9 Å². The number of carbonyl (C=O) groups excluding carboxylic acids is 1. The van der Waals surface area contributed by atoms with Crippen molar-refractivity contribution in [3.05, 3.63) is 22.8 Å². The van der Waals surface area contributed by atoms with Crippen LogP contribution < -0.4 is 4.74 Å². The number of aromatic hydroxyl groups is 1. The van der Waals surface area contributed by atoms with Crippen molar-refractivity contribution in [3.63, 3.8) is 0 Å². The van der Waals surface area contributed by atoms with Gasteiger partial charge in [0.2, 0.25) is 0 Å². The topological polar surface area (TPSA) is 87.0 Å². The van der Waals surface area contributed by atoms with Crippen LogP contribution in [0.1, 0.15) is 40.4 Å². The maximum Gasteiger partial charge on any atom is 0.167 e. The summed E-state index contributed by atoms with van der Waals surface area (Å²) >= 11 is 0. The van der Waals surface area contributed by atoms with E-state index < -0.39 is 12.7 Å². The Morgan fingerprint density at radius 2 is 2.24 bits per heavy atom. The fourth-order valence-corrected chi connectivity index (χ4v) is 2.14. The molecule has 1 aliphatic rings. The Bertz CT molecular complexity index is 466. The molecule has 0 bridgehead atoms. The van der Waals surface area contributed by atoms with E-state index in [0.29, 0.717) is 12.0 Å². The lowest BCUT2D eigenvalue weighted by atomic mass is 9.86. The van der Waals surface area contributed by atoms with Crippen LogP contribution in [0.25, 0.3) is 0 Å². The first-order valence-electron chi connectivity index (χ1n) is 5.35. The van der Waals surface area contributed by atoms with E-state index >= 15 is 0 Å². The zero-order valence-corrected chi connectivity index (χ0v) is 9.43. The second-order valence-corrected chi connectivity index (χ2v) is 4.01. The Labute approximate surface area is 98.3 Å². The fourth-order valence-electron chi connectivity index (χ4n) is 2.14. The number of ether oxygens (including phenoxy) is 1. The van der Waals surface area contributed by atoms with Gasteiger partial charge in [0, 0.05) is 6.42 Å². The molecule has 2 rings (SSSR count). The molecule has 17 heavy (non-hydrogen) atoms. The first-order valence-corrected chi connectivity index (χ1v) is 5.35. The van der Waals surface area contributed by atoms with Crippen molar-refractivity contribution in [2.75, 3.05) is 7.11 Å². The lowest BCUT2D eigenvalue weighted by Gasteiger charge is -2.23. The number of rotatable bonds is 2. The number of methoxy groups -OCH3 is 1. The molecule has 3 N–H and O–H groups in total. The highest BCUT2D eigenvalue weighted by Gasteiger charge is 2.30. The third-order valence-electron chi connectivity index (χ3n) is 3.06. The molecule has 1 aliphatic carbocycles. The van der Waals surface area contributed by atoms with Crippen LogP contribution in [0.2, 0.25) is 0 Å². The van der Waals surface area contributed by atoms with Crippen LogP contribution in [0.15, 0.2) is 6.07 Å². The molecule has 0 radical (unpaired) electrons. The second-order valence-electron chi connectivity index (χ2n) is 4.01. The first kappa shape index (κ1) is 11.9. The molecule has 1 atom stereocenters. The molecule has 0 saturated heterocycles. The van der Waals surface area contributed by atoms with E-state index in [-0.39, 0.29) is 34.8 Å². The van der Waals surface area contributed by atoms with Gasteiger partial charge < -0.3 is 20.1 Å². The highest BCUT2D eigenvalue weighted by molar-refractivity contribution is 6.01. The first-order chi connectivity index (χ1) is 8.10. The van der Waals surface area contributed by atoms with Crippen LogP contribution in [0, 0.1) is 0 Å². The average molecular weight is 238 g/mol. The van der Waals surface area contributed by atoms with Gasteiger partial charge in [-0.25, -0.2) is 0 Å². The van der Waals surface area contributed by atoms with E-state index in [9.17, 15) is 20.1 Å². The standard InChI is InChI=1S/C12H14O5/c1-17-10-4-6-8(14)2-3-9(15)11(6)12(16)7(10)5-13/h4,8,13-14,16H,2-3,5H2,1H3. The Balaban J connectivity index is 2.70. The van der Waals surface area contributed by atoms with Gasteiger partial charge in [-0.05, 0) is 18.1 Å². The third-order valence-corrected chi connectivity index (χ3v) is 3.06. The number of Topliss-reactive ketones (excluding diaryl/α,β-unsaturated/α-hetero) is 1. The number of ketones is 1. The molecular weight excluding hydrogens is 224 g/mol. The van der Waals surface area contributed by atoms with Gasteiger partial charge in [0.25, 0.3) is 0 Å². The summed E-state index contributed by atoms with van der Waals surface area (Å²) in [5.41, 5.74) is 0.648. The van der Waals surface area contributed by atoms with Crippen molar-refractivity contribution in [2.24, 2.45) is 0 Å². The van der Waals surface area contributed by atoms with Crippen LogP contribution in [0.5, 0.6) is 11.5 Å². The van der Waals surface area contributed by atoms with E-state index in [2.05, 4.69) is 0 Å². The Morgan fingerprint density at radius 3 is 2.82 bits per heavy atom. The zero-order chi connectivity index (χ0) is 12.6. The second kappa shape index (κ2) is 4.35. The summed E-state index contributed by atoms with van der Waals surface area (Å²) in [7, 11) is 1.40. The molecule has 1 unspecified atom stereocenters. The summed E-state index contributed by atoms with van der Waals surface area (Å²) in [6.45, 7) is -0.425. The van der Waals surface area contributed by atoms with Crippen molar-refractivity contribution < 1.29 is 24.9 Å². The summed E-state index contributed by atoms with van der Waals surface area (Å²) in [6, 6.07) is 1.50. The lowest BCUT2D eigenvalue weighted by Crippen LogP contribution is -2.17. The predicted molar refractivity (Wildman–Crippen MR) is 59.1 cm³/mol. The Kier molecular flexibility index (Phi) is 3.04. The predicted octanol–water partition coefficient (Wildman–Crippen LogP) is 0.903. The molecule has 1 aromatic carbocycles. The number of aliphatic hydroxyl groups is 2. The summed E-state index contributed by atoms with van der Waals surface area (Å²) in [5, 5.41) is 28.9. The monoisotopic (exact) mass is 238 g/mol. The Hall–Kier alpha value is -1.59. The normalized spacial score (nSPS) is 19.0. The minimum Gasteiger partial charge on any atom is -0.507 e. The fraction of sp³-hybridized carbons (Fsp3) is 0.417. The van der Waals surface area contributed by atoms with Crippen molar-refractivity contribution in [1.29, 1.82) is 0 Å². The molecular formula is C12H14O5. The van der Waals surface area contributed by atoms with E-state index in [1.165, 1.54) is 13.2 Å². The smallest absolute Gasteiger partial charge is 0.167 e. The van der Waals surface area contributed by atoms with Crippen LogP contribution in [-0.4, -0.2) is 28.2 Å². The number of benzene rings is 1. The van der Waals surface area contributed by atoms with E-state index in [1.807, 2.05) is 0 Å². The van der Waals surface area contributed by atoms with Gasteiger partial charge >= 0.3 is 0 Å². The van der Waals surface area contributed by atoms with Gasteiger partial charge in [0.15, 0.2) is 5.78 Å². The third kappa shape index (κ3) is 1.77. The van der Waals surface area contributed by atoms with E-state index in [0.717, 1.165) is 0 Å². The molecule has 0 heterocycles. The van der Waals surface area contributed by atoms with Crippen LogP contribution in [0.3, 0.4) is 0 Å². The van der Waals surface area contributed by atoms with Crippen molar-refractivity contribution >= 4 is 5.78 Å². The van der Waals surface area contributed by atoms with Gasteiger partial charge in [-0.3, -0.25) is 4.79 Å². The van der Waals surface area contributed by atoms with E-state index in [4.69, 9.17) is 4.74 Å². The van der Waals surface area contributed by atoms with Crippen LogP contribution >= 0.6 is 0 Å². The minimum atomic E-state index is -0.782. The molecule has 5 heteroatoms. The number of fused-ring (bicyclic) bond motifs is 1. The number of hydrogen-bond donors (Lipinski definition) is 3. The minimum absolute atomic E-state index is 0.105. The van der Waals surface area contributed by atoms with Crippen molar-refractivity contribution in [2.45, 2.75) is 25.6 Å². The molecule has 0 fully saturated rings. The molecule has 0 spiro atoms. The summed E-state index contributed by atoms with van der Waals surface area (Å²) in [4.78, 5) is 11.7. The maximum atomic E-state index is 11.7. The number of aliphatic hydroxyl groups excluding tert-OH is 2. The van der Waals surface area contributed by atoms with Gasteiger partial charge in [0.1, 0.15) is 11.5 Å². The molecule has 0 saturated carbocycles. The molecule has 0 amide bonds. The Morgan fingerprint density at radius 1 is 1.53 bits per heavy atom. The van der Waals surface area contributed by atoms with Gasteiger partial charge in [-0.15, -0.1) is 0 Å².